The number of nitrogens with one attached hydrogen (secondary N) is 1. The number of nitro groups is 1. The summed E-state index contributed by atoms with van der Waals surface area (Å²) < 4.78 is 0. The Morgan fingerprint density at radius 1 is 0.913 bits per heavy atom. The molecule has 0 fully saturated rings. The van der Waals surface area contributed by atoms with E-state index in [-0.39, 0.29) is 10.6 Å². The van der Waals surface area contributed by atoms with E-state index in [1.807, 2.05) is 66.7 Å². The molecule has 0 aromatic heterocycles. The van der Waals surface area contributed by atoms with Gasteiger partial charge in [0.05, 0.1) is 4.92 Å². The Bertz CT molecular complexity index is 942. The molecular formula is C19H14N2O2. The summed E-state index contributed by atoms with van der Waals surface area (Å²) in [5.74, 6) is 0. The van der Waals surface area contributed by atoms with E-state index < -0.39 is 6.04 Å². The Kier molecular flexibility index (Phi) is 3.08. The highest BCUT2D eigenvalue weighted by atomic mass is 16.6. The molecule has 1 N–H and O–H groups in total. The van der Waals surface area contributed by atoms with E-state index in [2.05, 4.69) is 5.32 Å². The first-order chi connectivity index (χ1) is 11.2. The van der Waals surface area contributed by atoms with E-state index in [1.165, 1.54) is 0 Å². The standard InChI is InChI=1S/C19H14N2O2/c22-21(23)18-12-14-7-2-4-11-17(14)20-19(18)16-10-5-8-13-6-1-3-9-15(13)16/h1-12,19-20H. The number of fused-ring (bicyclic) bond motifs is 2. The molecule has 4 nitrogen and oxygen atoms in total. The van der Waals surface area contributed by atoms with Gasteiger partial charge in [-0.25, -0.2) is 0 Å². The predicted octanol–water partition coefficient (Wildman–Crippen LogP) is 4.62. The van der Waals surface area contributed by atoms with Crippen molar-refractivity contribution in [1.82, 2.24) is 0 Å². The second-order valence-electron chi connectivity index (χ2n) is 5.56. The van der Waals surface area contributed by atoms with Gasteiger partial charge in [0, 0.05) is 17.3 Å². The van der Waals surface area contributed by atoms with Crippen molar-refractivity contribution in [3.63, 3.8) is 0 Å². The van der Waals surface area contributed by atoms with Gasteiger partial charge in [0.25, 0.3) is 5.70 Å². The van der Waals surface area contributed by atoms with Crippen LogP contribution in [0.1, 0.15) is 17.2 Å². The maximum atomic E-state index is 11.6. The van der Waals surface area contributed by atoms with Crippen LogP contribution in [0.2, 0.25) is 0 Å². The van der Waals surface area contributed by atoms with Crippen molar-refractivity contribution in [2.45, 2.75) is 6.04 Å². The number of nitrogens with zero attached hydrogens (tertiary/aromatic N) is 1. The molecule has 0 saturated carbocycles. The first kappa shape index (κ1) is 13.5. The molecule has 1 unspecified atom stereocenters. The van der Waals surface area contributed by atoms with Crippen molar-refractivity contribution < 1.29 is 4.92 Å². The molecular weight excluding hydrogens is 288 g/mol. The molecule has 3 aromatic rings. The first-order valence-corrected chi connectivity index (χ1v) is 7.43. The fraction of sp³-hybridized carbons (Fsp3) is 0.0526. The largest absolute Gasteiger partial charge is 0.368 e. The SMILES string of the molecule is O=[N+]([O-])C1=Cc2ccccc2NC1c1cccc2ccccc12. The van der Waals surface area contributed by atoms with Crippen LogP contribution < -0.4 is 5.32 Å². The summed E-state index contributed by atoms with van der Waals surface area (Å²) in [6.45, 7) is 0. The maximum Gasteiger partial charge on any atom is 0.273 e. The van der Waals surface area contributed by atoms with E-state index in [0.29, 0.717) is 0 Å². The highest BCUT2D eigenvalue weighted by Crippen LogP contribution is 2.37. The van der Waals surface area contributed by atoms with Crippen LogP contribution in [0.4, 0.5) is 5.69 Å². The van der Waals surface area contributed by atoms with E-state index in [0.717, 1.165) is 27.6 Å². The molecule has 112 valence electrons. The summed E-state index contributed by atoms with van der Waals surface area (Å²) in [5.41, 5.74) is 2.84. The maximum absolute atomic E-state index is 11.6. The monoisotopic (exact) mass is 302 g/mol. The Morgan fingerprint density at radius 2 is 1.65 bits per heavy atom. The van der Waals surface area contributed by atoms with Crippen LogP contribution in [0.15, 0.2) is 72.4 Å². The fourth-order valence-corrected chi connectivity index (χ4v) is 3.12. The van der Waals surface area contributed by atoms with Gasteiger partial charge < -0.3 is 5.32 Å². The summed E-state index contributed by atoms with van der Waals surface area (Å²) in [6, 6.07) is 21.0. The Balaban J connectivity index is 1.92. The van der Waals surface area contributed by atoms with Crippen molar-refractivity contribution in [1.29, 1.82) is 0 Å². The van der Waals surface area contributed by atoms with Crippen LogP contribution in [0, 0.1) is 10.1 Å². The van der Waals surface area contributed by atoms with Gasteiger partial charge in [0.2, 0.25) is 0 Å². The highest BCUT2D eigenvalue weighted by Gasteiger charge is 2.31. The fourth-order valence-electron chi connectivity index (χ4n) is 3.12. The number of anilines is 1. The van der Waals surface area contributed by atoms with Gasteiger partial charge in [0.1, 0.15) is 6.04 Å². The van der Waals surface area contributed by atoms with Crippen molar-refractivity contribution in [3.8, 4) is 0 Å². The molecule has 1 aliphatic rings. The summed E-state index contributed by atoms with van der Waals surface area (Å²) in [6.07, 6.45) is 1.66. The number of hydrogen-bond acceptors (Lipinski definition) is 3. The molecule has 0 radical (unpaired) electrons. The normalized spacial score (nSPS) is 16.3. The third-order valence-electron chi connectivity index (χ3n) is 4.20. The van der Waals surface area contributed by atoms with Crippen molar-refractivity contribution >= 4 is 22.5 Å². The van der Waals surface area contributed by atoms with Crippen molar-refractivity contribution in [3.05, 3.63) is 93.7 Å². The average molecular weight is 302 g/mol. The van der Waals surface area contributed by atoms with Gasteiger partial charge in [-0.3, -0.25) is 10.1 Å². The summed E-state index contributed by atoms with van der Waals surface area (Å²) in [5, 5.41) is 17.0. The van der Waals surface area contributed by atoms with Crippen LogP contribution in [-0.2, 0) is 0 Å². The number of rotatable bonds is 2. The Morgan fingerprint density at radius 3 is 2.52 bits per heavy atom. The molecule has 3 aromatic carbocycles. The molecule has 0 bridgehead atoms. The van der Waals surface area contributed by atoms with Crippen LogP contribution in [0.25, 0.3) is 16.8 Å². The second-order valence-corrected chi connectivity index (χ2v) is 5.56. The van der Waals surface area contributed by atoms with Crippen molar-refractivity contribution in [2.75, 3.05) is 5.32 Å². The molecule has 0 spiro atoms. The number of hydrogen-bond donors (Lipinski definition) is 1. The molecule has 1 heterocycles. The van der Waals surface area contributed by atoms with Crippen LogP contribution in [-0.4, -0.2) is 4.92 Å². The lowest BCUT2D eigenvalue weighted by Gasteiger charge is -2.24. The third kappa shape index (κ3) is 2.25. The summed E-state index contributed by atoms with van der Waals surface area (Å²) >= 11 is 0. The molecule has 1 atom stereocenters. The second kappa shape index (κ2) is 5.25. The lowest BCUT2D eigenvalue weighted by molar-refractivity contribution is -0.427. The minimum absolute atomic E-state index is 0.167. The molecule has 0 aliphatic carbocycles. The number of para-hydroxylation sites is 1. The van der Waals surface area contributed by atoms with Gasteiger partial charge in [-0.05, 0) is 22.4 Å². The zero-order valence-corrected chi connectivity index (χ0v) is 12.3. The Hall–Kier alpha value is -3.14. The third-order valence-corrected chi connectivity index (χ3v) is 4.20. The van der Waals surface area contributed by atoms with E-state index in [1.54, 1.807) is 6.08 Å². The first-order valence-electron chi connectivity index (χ1n) is 7.43. The minimum Gasteiger partial charge on any atom is -0.368 e. The Labute approximate surface area is 133 Å². The van der Waals surface area contributed by atoms with Gasteiger partial charge in [0.15, 0.2) is 0 Å². The molecule has 0 saturated heterocycles. The quantitative estimate of drug-likeness (QED) is 0.555. The molecule has 4 heteroatoms. The summed E-state index contributed by atoms with van der Waals surface area (Å²) in [7, 11) is 0. The zero-order chi connectivity index (χ0) is 15.8. The predicted molar refractivity (Wildman–Crippen MR) is 91.7 cm³/mol. The molecule has 0 amide bonds. The summed E-state index contributed by atoms with van der Waals surface area (Å²) in [4.78, 5) is 11.3. The van der Waals surface area contributed by atoms with Crippen molar-refractivity contribution in [2.24, 2.45) is 0 Å². The topological polar surface area (TPSA) is 55.2 Å². The van der Waals surface area contributed by atoms with Gasteiger partial charge in [-0.15, -0.1) is 0 Å². The lowest BCUT2D eigenvalue weighted by atomic mass is 9.93. The lowest BCUT2D eigenvalue weighted by Crippen LogP contribution is -2.22. The van der Waals surface area contributed by atoms with Gasteiger partial charge in [-0.2, -0.15) is 0 Å². The van der Waals surface area contributed by atoms with Crippen LogP contribution >= 0.6 is 0 Å². The molecule has 1 aliphatic heterocycles. The highest BCUT2D eigenvalue weighted by molar-refractivity contribution is 5.87. The van der Waals surface area contributed by atoms with E-state index in [4.69, 9.17) is 0 Å². The molecule has 4 rings (SSSR count). The van der Waals surface area contributed by atoms with Gasteiger partial charge >= 0.3 is 0 Å². The minimum atomic E-state index is -0.467. The smallest absolute Gasteiger partial charge is 0.273 e. The van der Waals surface area contributed by atoms with Gasteiger partial charge in [-0.1, -0.05) is 60.7 Å². The number of benzene rings is 3. The van der Waals surface area contributed by atoms with Crippen LogP contribution in [0.3, 0.4) is 0 Å². The van der Waals surface area contributed by atoms with E-state index in [9.17, 15) is 10.1 Å². The molecule has 23 heavy (non-hydrogen) atoms. The van der Waals surface area contributed by atoms with Crippen LogP contribution in [0.5, 0.6) is 0 Å². The zero-order valence-electron chi connectivity index (χ0n) is 12.3. The average Bonchev–Trinajstić information content (AvgIpc) is 2.60. The van der Waals surface area contributed by atoms with E-state index >= 15 is 0 Å².